The van der Waals surface area contributed by atoms with E-state index in [1.54, 1.807) is 5.10 Å². The van der Waals surface area contributed by atoms with Gasteiger partial charge in [-0.3, -0.25) is 14.5 Å². The number of nitrogens with zero attached hydrogens (tertiary/aromatic N) is 5. The number of ketones is 1. The summed E-state index contributed by atoms with van der Waals surface area (Å²) in [6, 6.07) is 0.381. The molecule has 17 heteroatoms. The summed E-state index contributed by atoms with van der Waals surface area (Å²) in [5.74, 6) is -4.95. The Bertz CT molecular complexity index is 1330. The number of rotatable bonds is 8. The molecule has 0 spiro atoms. The largest absolute Gasteiger partial charge is 0.464 e. The van der Waals surface area contributed by atoms with E-state index in [0.717, 1.165) is 4.57 Å². The van der Waals surface area contributed by atoms with Crippen molar-refractivity contribution in [2.45, 2.75) is 51.9 Å². The maximum Gasteiger partial charge on any atom is 0.433 e. The number of pyridine rings is 1. The van der Waals surface area contributed by atoms with Crippen molar-refractivity contribution < 1.29 is 45.4 Å². The van der Waals surface area contributed by atoms with Gasteiger partial charge in [0.05, 0.1) is 11.8 Å². The number of ether oxygens (including phenoxy) is 1. The highest BCUT2D eigenvalue weighted by atomic mass is 19.4. The van der Waals surface area contributed by atoms with Crippen molar-refractivity contribution in [1.29, 1.82) is 0 Å². The summed E-state index contributed by atoms with van der Waals surface area (Å²) in [6.45, 7) is 1.31. The third kappa shape index (κ3) is 5.24. The van der Waals surface area contributed by atoms with Gasteiger partial charge in [-0.15, -0.1) is 5.10 Å². The van der Waals surface area contributed by atoms with E-state index in [4.69, 9.17) is 4.74 Å². The van der Waals surface area contributed by atoms with Crippen LogP contribution in [-0.4, -0.2) is 52.7 Å². The van der Waals surface area contributed by atoms with Crippen LogP contribution in [0.3, 0.4) is 0 Å². The van der Waals surface area contributed by atoms with E-state index in [1.807, 2.05) is 0 Å². The number of aliphatic hydroxyl groups is 1. The summed E-state index contributed by atoms with van der Waals surface area (Å²) in [4.78, 5) is 28.8. The summed E-state index contributed by atoms with van der Waals surface area (Å²) in [5.41, 5.74) is -3.94. The zero-order valence-electron chi connectivity index (χ0n) is 18.4. The first kappa shape index (κ1) is 26.8. The Morgan fingerprint density at radius 2 is 1.92 bits per heavy atom. The second-order valence-electron chi connectivity index (χ2n) is 7.33. The maximum absolute atomic E-state index is 15.0. The first-order valence-corrected chi connectivity index (χ1v) is 10.1. The smallest absolute Gasteiger partial charge is 0.433 e. The predicted molar refractivity (Wildman–Crippen MR) is 105 cm³/mol. The average Bonchev–Trinajstić information content (AvgIpc) is 3.37. The standard InChI is InChI=1S/C19H17F7N6O4/c1-3-31-13(7-33)30-32(17(31)35)15-11(20)5-10(16(28-15)36-8(2)18(21,22)23)12(34)4-9-6-27-29-14(9)19(24,25)26/h5-6,8,33H,3-4,7H2,1-2H3,(H,27,29)/t8-/m0/s1. The minimum atomic E-state index is -4.96. The topological polar surface area (TPSA) is 128 Å². The van der Waals surface area contributed by atoms with Crippen LogP contribution >= 0.6 is 0 Å². The molecule has 0 saturated heterocycles. The number of alkyl halides is 6. The van der Waals surface area contributed by atoms with Crippen LogP contribution in [0.5, 0.6) is 5.88 Å². The summed E-state index contributed by atoms with van der Waals surface area (Å²) < 4.78 is 99.6. The second-order valence-corrected chi connectivity index (χ2v) is 7.33. The fraction of sp³-hybridized carbons (Fsp3) is 0.421. The normalized spacial score (nSPS) is 13.2. The molecule has 3 rings (SSSR count). The Morgan fingerprint density at radius 3 is 2.44 bits per heavy atom. The third-order valence-electron chi connectivity index (χ3n) is 4.92. The first-order chi connectivity index (χ1) is 16.7. The summed E-state index contributed by atoms with van der Waals surface area (Å²) in [7, 11) is 0. The molecule has 2 N–H and O–H groups in total. The highest BCUT2D eigenvalue weighted by molar-refractivity contribution is 5.99. The lowest BCUT2D eigenvalue weighted by Crippen LogP contribution is -2.32. The fourth-order valence-corrected chi connectivity index (χ4v) is 3.10. The van der Waals surface area contributed by atoms with E-state index in [0.29, 0.717) is 23.9 Å². The van der Waals surface area contributed by atoms with Gasteiger partial charge in [0.1, 0.15) is 12.3 Å². The maximum atomic E-state index is 15.0. The predicted octanol–water partition coefficient (Wildman–Crippen LogP) is 2.58. The fourth-order valence-electron chi connectivity index (χ4n) is 3.10. The Morgan fingerprint density at radius 1 is 1.25 bits per heavy atom. The third-order valence-corrected chi connectivity index (χ3v) is 4.92. The molecule has 3 aromatic heterocycles. The van der Waals surface area contributed by atoms with Gasteiger partial charge < -0.3 is 9.84 Å². The highest BCUT2D eigenvalue weighted by Gasteiger charge is 2.40. The van der Waals surface area contributed by atoms with E-state index in [9.17, 15) is 45.4 Å². The van der Waals surface area contributed by atoms with E-state index in [-0.39, 0.29) is 12.4 Å². The molecule has 3 aromatic rings. The van der Waals surface area contributed by atoms with Crippen LogP contribution < -0.4 is 10.4 Å². The molecule has 196 valence electrons. The zero-order valence-corrected chi connectivity index (χ0v) is 18.4. The number of carbonyl (C=O) groups excluding carboxylic acids is 1. The molecule has 0 radical (unpaired) electrons. The number of aromatic amines is 1. The van der Waals surface area contributed by atoms with Crippen molar-refractivity contribution in [2.75, 3.05) is 0 Å². The molecule has 0 unspecified atom stereocenters. The minimum Gasteiger partial charge on any atom is -0.464 e. The first-order valence-electron chi connectivity index (χ1n) is 10.1. The molecular formula is C19H17F7N6O4. The van der Waals surface area contributed by atoms with Crippen molar-refractivity contribution in [1.82, 2.24) is 29.5 Å². The molecule has 0 aliphatic carbocycles. The monoisotopic (exact) mass is 526 g/mol. The lowest BCUT2D eigenvalue weighted by molar-refractivity contribution is -0.190. The van der Waals surface area contributed by atoms with E-state index in [2.05, 4.69) is 15.2 Å². The van der Waals surface area contributed by atoms with Gasteiger partial charge >= 0.3 is 18.0 Å². The van der Waals surface area contributed by atoms with Crippen molar-refractivity contribution >= 4 is 5.78 Å². The van der Waals surface area contributed by atoms with Gasteiger partial charge in [0, 0.05) is 18.5 Å². The van der Waals surface area contributed by atoms with Gasteiger partial charge in [-0.05, 0) is 19.9 Å². The van der Waals surface area contributed by atoms with Crippen LogP contribution in [0, 0.1) is 5.82 Å². The van der Waals surface area contributed by atoms with Crippen LogP contribution in [0.1, 0.15) is 41.3 Å². The number of aromatic nitrogens is 6. The second kappa shape index (κ2) is 9.71. The molecule has 36 heavy (non-hydrogen) atoms. The van der Waals surface area contributed by atoms with Crippen LogP contribution in [0.15, 0.2) is 17.1 Å². The molecule has 0 amide bonds. The lowest BCUT2D eigenvalue weighted by atomic mass is 10.0. The molecule has 0 fully saturated rings. The molecule has 10 nitrogen and oxygen atoms in total. The van der Waals surface area contributed by atoms with Crippen LogP contribution in [-0.2, 0) is 25.7 Å². The minimum absolute atomic E-state index is 0.00633. The van der Waals surface area contributed by atoms with Gasteiger partial charge in [0.15, 0.2) is 29.3 Å². The van der Waals surface area contributed by atoms with Gasteiger partial charge in [0.2, 0.25) is 5.88 Å². The number of carbonyl (C=O) groups is 1. The summed E-state index contributed by atoms with van der Waals surface area (Å²) >= 11 is 0. The molecule has 0 aromatic carbocycles. The number of hydrogen-bond acceptors (Lipinski definition) is 7. The van der Waals surface area contributed by atoms with Crippen molar-refractivity contribution in [3.05, 3.63) is 51.2 Å². The van der Waals surface area contributed by atoms with Gasteiger partial charge in [-0.25, -0.2) is 9.18 Å². The number of hydrogen-bond donors (Lipinski definition) is 2. The van der Waals surface area contributed by atoms with Crippen LogP contribution in [0.4, 0.5) is 30.7 Å². The zero-order chi connectivity index (χ0) is 27.0. The van der Waals surface area contributed by atoms with Gasteiger partial charge in [-0.2, -0.15) is 41.1 Å². The Labute approximate surface area is 196 Å². The Hall–Kier alpha value is -3.76. The van der Waals surface area contributed by atoms with E-state index < -0.39 is 77.3 Å². The highest BCUT2D eigenvalue weighted by Crippen LogP contribution is 2.32. The van der Waals surface area contributed by atoms with Gasteiger partial charge in [0.25, 0.3) is 0 Å². The van der Waals surface area contributed by atoms with Crippen molar-refractivity contribution in [3.8, 4) is 11.7 Å². The van der Waals surface area contributed by atoms with Crippen LogP contribution in [0.25, 0.3) is 5.82 Å². The molecule has 0 saturated carbocycles. The van der Waals surface area contributed by atoms with Crippen molar-refractivity contribution in [2.24, 2.45) is 0 Å². The molecule has 0 aliphatic heterocycles. The quantitative estimate of drug-likeness (QED) is 0.341. The summed E-state index contributed by atoms with van der Waals surface area (Å²) in [5, 5.41) is 17.9. The van der Waals surface area contributed by atoms with Crippen LogP contribution in [0.2, 0.25) is 0 Å². The molecule has 1 atom stereocenters. The number of halogens is 7. The SMILES string of the molecule is CCn1c(CO)nn(-c2nc(O[C@@H](C)C(F)(F)F)c(C(=O)Cc3cn[nH]c3C(F)(F)F)cc2F)c1=O. The van der Waals surface area contributed by atoms with E-state index in [1.165, 1.54) is 6.92 Å². The lowest BCUT2D eigenvalue weighted by Gasteiger charge is -2.19. The van der Waals surface area contributed by atoms with Gasteiger partial charge in [-0.1, -0.05) is 0 Å². The molecule has 0 aliphatic rings. The number of H-pyrrole nitrogens is 1. The molecule has 3 heterocycles. The molecular weight excluding hydrogens is 509 g/mol. The number of Topliss-reactive ketones (excluding diaryl/α,β-unsaturated/α-hetero) is 1. The number of aliphatic hydroxyl groups excluding tert-OH is 1. The average molecular weight is 526 g/mol. The number of nitrogens with one attached hydrogen (secondary N) is 1. The Balaban J connectivity index is 2.13. The molecule has 0 bridgehead atoms. The summed E-state index contributed by atoms with van der Waals surface area (Å²) in [6.07, 6.45) is -12.8. The van der Waals surface area contributed by atoms with Crippen molar-refractivity contribution in [3.63, 3.8) is 0 Å². The Kier molecular flexibility index (Phi) is 7.24. The van der Waals surface area contributed by atoms with E-state index >= 15 is 0 Å².